The summed E-state index contributed by atoms with van der Waals surface area (Å²) in [6.45, 7) is -0.191. The van der Waals surface area contributed by atoms with Crippen LogP contribution in [-0.4, -0.2) is 72.7 Å². The Kier molecular flexibility index (Phi) is 5.02. The molecule has 3 aliphatic heterocycles. The van der Waals surface area contributed by atoms with Crippen molar-refractivity contribution in [2.75, 3.05) is 24.6 Å². The number of hydrogen-bond acceptors (Lipinski definition) is 5. The Morgan fingerprint density at radius 2 is 1.92 bits per heavy atom. The summed E-state index contributed by atoms with van der Waals surface area (Å²) in [5.74, 6) is -2.77. The summed E-state index contributed by atoms with van der Waals surface area (Å²) in [5.41, 5.74) is 0.0247. The van der Waals surface area contributed by atoms with Crippen LogP contribution in [0, 0.1) is 5.92 Å². The molecule has 26 heavy (non-hydrogen) atoms. The highest BCUT2D eigenvalue weighted by Gasteiger charge is 2.44. The molecule has 0 bridgehead atoms. The van der Waals surface area contributed by atoms with Crippen molar-refractivity contribution in [1.29, 1.82) is 0 Å². The van der Waals surface area contributed by atoms with Gasteiger partial charge in [0.25, 0.3) is 5.91 Å². The molecule has 0 unspecified atom stereocenters. The van der Waals surface area contributed by atoms with Gasteiger partial charge in [-0.05, 0) is 19.3 Å². The normalized spacial score (nSPS) is 29.7. The number of hydrazone groups is 1. The molecule has 0 aromatic heterocycles. The van der Waals surface area contributed by atoms with Crippen molar-refractivity contribution in [3.05, 3.63) is 0 Å². The predicted octanol–water partition coefficient (Wildman–Crippen LogP) is 0.953. The van der Waals surface area contributed by atoms with E-state index in [0.29, 0.717) is 0 Å². The molecule has 3 heterocycles. The van der Waals surface area contributed by atoms with Gasteiger partial charge < -0.3 is 4.90 Å². The Morgan fingerprint density at radius 1 is 1.19 bits per heavy atom. The molecule has 0 N–H and O–H groups in total. The van der Waals surface area contributed by atoms with Crippen molar-refractivity contribution in [3.8, 4) is 0 Å². The van der Waals surface area contributed by atoms with E-state index in [1.165, 1.54) is 0 Å². The number of carbonyl (C=O) groups is 2. The van der Waals surface area contributed by atoms with E-state index in [-0.39, 0.29) is 61.8 Å². The summed E-state index contributed by atoms with van der Waals surface area (Å²) in [5, 5.41) is 5.08. The lowest BCUT2D eigenvalue weighted by molar-refractivity contribution is -0.187. The van der Waals surface area contributed by atoms with Crippen molar-refractivity contribution in [3.63, 3.8) is 0 Å². The minimum Gasteiger partial charge on any atom is -0.337 e. The summed E-state index contributed by atoms with van der Waals surface area (Å²) >= 11 is 0. The van der Waals surface area contributed by atoms with Gasteiger partial charge in [-0.3, -0.25) is 9.59 Å². The quantitative estimate of drug-likeness (QED) is 0.697. The van der Waals surface area contributed by atoms with E-state index in [0.717, 1.165) is 9.91 Å². The van der Waals surface area contributed by atoms with Crippen molar-refractivity contribution >= 4 is 27.4 Å². The summed E-state index contributed by atoms with van der Waals surface area (Å²) in [6, 6.07) is -0.611. The maximum Gasteiger partial charge on any atom is 0.393 e. The lowest BCUT2D eigenvalue weighted by Gasteiger charge is -2.35. The number of rotatable bonds is 2. The summed E-state index contributed by atoms with van der Waals surface area (Å²) in [4.78, 5) is 25.8. The van der Waals surface area contributed by atoms with Gasteiger partial charge in [0.1, 0.15) is 5.71 Å². The van der Waals surface area contributed by atoms with Gasteiger partial charge in [0.15, 0.2) is 9.84 Å². The molecule has 146 valence electrons. The van der Waals surface area contributed by atoms with Crippen molar-refractivity contribution in [2.45, 2.75) is 44.3 Å². The van der Waals surface area contributed by atoms with Gasteiger partial charge >= 0.3 is 6.18 Å². The minimum atomic E-state index is -4.35. The second-order valence-corrected chi connectivity index (χ2v) is 9.20. The number of carbonyl (C=O) groups excluding carboxylic acids is 2. The smallest absolute Gasteiger partial charge is 0.337 e. The van der Waals surface area contributed by atoms with Gasteiger partial charge in [-0.1, -0.05) is 0 Å². The number of hydrogen-bond donors (Lipinski definition) is 0. The van der Waals surface area contributed by atoms with Crippen LogP contribution in [0.15, 0.2) is 5.10 Å². The molecule has 0 aliphatic carbocycles. The molecule has 2 fully saturated rings. The molecule has 11 heteroatoms. The lowest BCUT2D eigenvalue weighted by Crippen LogP contribution is -2.49. The number of amides is 2. The first-order chi connectivity index (χ1) is 12.1. The topological polar surface area (TPSA) is 87.1 Å². The largest absolute Gasteiger partial charge is 0.393 e. The van der Waals surface area contributed by atoms with E-state index in [2.05, 4.69) is 5.10 Å². The van der Waals surface area contributed by atoms with E-state index < -0.39 is 40.4 Å². The maximum absolute atomic E-state index is 12.9. The van der Waals surface area contributed by atoms with Crippen LogP contribution in [0.2, 0.25) is 0 Å². The van der Waals surface area contributed by atoms with Crippen LogP contribution in [0.5, 0.6) is 0 Å². The van der Waals surface area contributed by atoms with E-state index >= 15 is 0 Å². The molecular formula is C15H20F3N3O4S. The highest BCUT2D eigenvalue weighted by Crippen LogP contribution is 2.33. The number of halogens is 3. The first-order valence-electron chi connectivity index (χ1n) is 8.53. The number of likely N-dealkylation sites (tertiary alicyclic amines) is 1. The molecular weight excluding hydrogens is 375 g/mol. The van der Waals surface area contributed by atoms with Gasteiger partial charge in [-0.2, -0.15) is 18.3 Å². The van der Waals surface area contributed by atoms with Crippen LogP contribution < -0.4 is 0 Å². The Morgan fingerprint density at radius 3 is 2.54 bits per heavy atom. The van der Waals surface area contributed by atoms with Crippen LogP contribution >= 0.6 is 0 Å². The Labute approximate surface area is 149 Å². The SMILES string of the molecule is O=C(C1=NN([C@H]2CCS(=O)(=O)C2)C(=O)CC1)N1CCC[C@@H](C(F)(F)F)C1. The highest BCUT2D eigenvalue weighted by atomic mass is 32.2. The Hall–Kier alpha value is -1.65. The second-order valence-electron chi connectivity index (χ2n) is 6.97. The molecule has 0 aromatic rings. The molecule has 2 amide bonds. The van der Waals surface area contributed by atoms with Crippen LogP contribution in [0.4, 0.5) is 13.2 Å². The van der Waals surface area contributed by atoms with Crippen molar-refractivity contribution in [1.82, 2.24) is 9.91 Å². The predicted molar refractivity (Wildman–Crippen MR) is 85.9 cm³/mol. The fourth-order valence-corrected chi connectivity index (χ4v) is 5.28. The summed E-state index contributed by atoms with van der Waals surface area (Å²) < 4.78 is 62.0. The zero-order valence-electron chi connectivity index (χ0n) is 14.0. The summed E-state index contributed by atoms with van der Waals surface area (Å²) in [6.07, 6.45) is -3.80. The van der Waals surface area contributed by atoms with E-state index in [1.54, 1.807) is 0 Å². The highest BCUT2D eigenvalue weighted by molar-refractivity contribution is 7.91. The van der Waals surface area contributed by atoms with Crippen molar-refractivity contribution < 1.29 is 31.2 Å². The molecule has 2 saturated heterocycles. The standard InChI is InChI=1S/C15H20F3N3O4S/c16-15(17,18)10-2-1-6-20(8-10)14(23)12-3-4-13(22)21(19-12)11-5-7-26(24,25)9-11/h10-11H,1-9H2/t10-,11+/m1/s1. The lowest BCUT2D eigenvalue weighted by atomic mass is 9.96. The molecule has 0 saturated carbocycles. The van der Waals surface area contributed by atoms with Crippen LogP contribution in [-0.2, 0) is 19.4 Å². The third kappa shape index (κ3) is 4.02. The van der Waals surface area contributed by atoms with Crippen LogP contribution in [0.3, 0.4) is 0 Å². The Bertz CT molecular complexity index is 735. The van der Waals surface area contributed by atoms with Gasteiger partial charge in [0.05, 0.1) is 23.5 Å². The van der Waals surface area contributed by atoms with Gasteiger partial charge in [0.2, 0.25) is 5.91 Å². The third-order valence-corrected chi connectivity index (χ3v) is 6.78. The molecule has 0 spiro atoms. The molecule has 7 nitrogen and oxygen atoms in total. The zero-order valence-corrected chi connectivity index (χ0v) is 14.9. The first kappa shape index (κ1) is 19.1. The number of nitrogens with zero attached hydrogens (tertiary/aromatic N) is 3. The average molecular weight is 395 g/mol. The first-order valence-corrected chi connectivity index (χ1v) is 10.3. The van der Waals surface area contributed by atoms with Gasteiger partial charge in [-0.15, -0.1) is 0 Å². The van der Waals surface area contributed by atoms with E-state index in [1.807, 2.05) is 0 Å². The molecule has 0 aromatic carbocycles. The van der Waals surface area contributed by atoms with Crippen LogP contribution in [0.25, 0.3) is 0 Å². The van der Waals surface area contributed by atoms with Gasteiger partial charge in [0, 0.05) is 25.9 Å². The average Bonchev–Trinajstić information content (AvgIpc) is 2.94. The fourth-order valence-electron chi connectivity index (χ4n) is 3.59. The number of sulfone groups is 1. The zero-order chi connectivity index (χ0) is 19.1. The Balaban J connectivity index is 1.74. The molecule has 2 atom stereocenters. The third-order valence-electron chi connectivity index (χ3n) is 5.03. The second kappa shape index (κ2) is 6.82. The number of piperidine rings is 1. The molecule has 0 radical (unpaired) electrons. The van der Waals surface area contributed by atoms with Crippen LogP contribution in [0.1, 0.15) is 32.1 Å². The monoisotopic (exact) mass is 395 g/mol. The van der Waals surface area contributed by atoms with E-state index in [9.17, 15) is 31.2 Å². The molecule has 3 rings (SSSR count). The summed E-state index contributed by atoms with van der Waals surface area (Å²) in [7, 11) is -3.23. The van der Waals surface area contributed by atoms with Gasteiger partial charge in [-0.25, -0.2) is 13.4 Å². The molecule has 3 aliphatic rings. The fraction of sp³-hybridized carbons (Fsp3) is 0.800. The van der Waals surface area contributed by atoms with E-state index in [4.69, 9.17) is 0 Å². The number of alkyl halides is 3. The minimum absolute atomic E-state index is 0.00232. The van der Waals surface area contributed by atoms with Crippen molar-refractivity contribution in [2.24, 2.45) is 11.0 Å². The maximum atomic E-state index is 12.9.